The van der Waals surface area contributed by atoms with Crippen molar-refractivity contribution in [3.05, 3.63) is 54.2 Å². The molecule has 0 bridgehead atoms. The van der Waals surface area contributed by atoms with Gasteiger partial charge in [0.2, 0.25) is 5.91 Å². The zero-order chi connectivity index (χ0) is 19.5. The van der Waals surface area contributed by atoms with Crippen LogP contribution in [-0.4, -0.2) is 43.6 Å². The van der Waals surface area contributed by atoms with Crippen LogP contribution < -0.4 is 0 Å². The Kier molecular flexibility index (Phi) is 4.15. The topological polar surface area (TPSA) is 70.7 Å². The summed E-state index contributed by atoms with van der Waals surface area (Å²) in [6, 6.07) is 13.7. The molecule has 2 aliphatic heterocycles. The molecule has 1 saturated heterocycles. The second-order valence-electron chi connectivity index (χ2n) is 6.61. The number of β-lactam (4-membered cyclic amide) rings is 1. The standard InChI is InChI=1S/C20H14ClNO4S2/c21-10-20-17(18(23)22(20)14(19(24)25)7-8-27-20)28-11-5-6-13-12-3-1-2-4-15(12)26-16(13)9-11/h1-7,9,17H,8,10H2,(H,24,25). The van der Waals surface area contributed by atoms with Crippen LogP contribution >= 0.6 is 35.1 Å². The third-order valence-electron chi connectivity index (χ3n) is 5.10. The maximum absolute atomic E-state index is 12.8. The van der Waals surface area contributed by atoms with Crippen LogP contribution in [0, 0.1) is 0 Å². The number of carboxylic acid groups (broad SMARTS) is 1. The highest BCUT2D eigenvalue weighted by molar-refractivity contribution is 8.05. The molecule has 0 radical (unpaired) electrons. The summed E-state index contributed by atoms with van der Waals surface area (Å²) in [6.45, 7) is 0. The Bertz CT molecular complexity index is 1170. The molecule has 1 amide bonds. The highest BCUT2D eigenvalue weighted by atomic mass is 35.5. The minimum absolute atomic E-state index is 0.0222. The van der Waals surface area contributed by atoms with Gasteiger partial charge in [0.15, 0.2) is 0 Å². The summed E-state index contributed by atoms with van der Waals surface area (Å²) >= 11 is 9.16. The predicted molar refractivity (Wildman–Crippen MR) is 112 cm³/mol. The fourth-order valence-electron chi connectivity index (χ4n) is 3.78. The Labute approximate surface area is 173 Å². The van der Waals surface area contributed by atoms with Crippen molar-refractivity contribution in [1.82, 2.24) is 4.90 Å². The summed E-state index contributed by atoms with van der Waals surface area (Å²) in [5.41, 5.74) is 1.60. The van der Waals surface area contributed by atoms with Crippen LogP contribution in [0.15, 0.2) is 63.6 Å². The number of hydrogen-bond acceptors (Lipinski definition) is 5. The van der Waals surface area contributed by atoms with Crippen LogP contribution in [0.3, 0.4) is 0 Å². The van der Waals surface area contributed by atoms with E-state index in [9.17, 15) is 14.7 Å². The zero-order valence-electron chi connectivity index (χ0n) is 14.4. The molecule has 3 aromatic rings. The van der Waals surface area contributed by atoms with Gasteiger partial charge in [0, 0.05) is 21.4 Å². The number of fused-ring (bicyclic) bond motifs is 4. The number of carboxylic acids is 1. The van der Waals surface area contributed by atoms with Crippen molar-refractivity contribution in [2.45, 2.75) is 15.0 Å². The average Bonchev–Trinajstić information content (AvgIpc) is 3.08. The number of furan rings is 1. The SMILES string of the molecule is O=C(O)C1=CCSC2(CCl)C(Sc3ccc4c(c3)oc3ccccc34)C(=O)N12. The summed E-state index contributed by atoms with van der Waals surface area (Å²) in [6.07, 6.45) is 1.57. The molecule has 1 N–H and O–H groups in total. The van der Waals surface area contributed by atoms with Crippen molar-refractivity contribution in [2.75, 3.05) is 11.6 Å². The minimum atomic E-state index is -1.10. The Morgan fingerprint density at radius 3 is 2.86 bits per heavy atom. The van der Waals surface area contributed by atoms with Gasteiger partial charge in [-0.3, -0.25) is 9.69 Å². The maximum atomic E-state index is 12.8. The van der Waals surface area contributed by atoms with Crippen LogP contribution in [0.2, 0.25) is 0 Å². The van der Waals surface area contributed by atoms with E-state index in [0.717, 1.165) is 26.8 Å². The first-order valence-corrected chi connectivity index (χ1v) is 11.0. The number of carbonyl (C=O) groups is 2. The molecule has 2 aromatic carbocycles. The molecule has 2 unspecified atom stereocenters. The van der Waals surface area contributed by atoms with Gasteiger partial charge in [-0.25, -0.2) is 4.79 Å². The molecule has 28 heavy (non-hydrogen) atoms. The molecule has 2 aliphatic rings. The number of benzene rings is 2. The van der Waals surface area contributed by atoms with Crippen LogP contribution in [0.5, 0.6) is 0 Å². The fourth-order valence-corrected chi connectivity index (χ4v) is 7.07. The predicted octanol–water partition coefficient (Wildman–Crippen LogP) is 4.54. The second-order valence-corrected chi connectivity index (χ2v) is 9.39. The lowest BCUT2D eigenvalue weighted by molar-refractivity contribution is -0.149. The molecule has 3 heterocycles. The molecule has 8 heteroatoms. The van der Waals surface area contributed by atoms with Crippen LogP contribution in [0.4, 0.5) is 0 Å². The normalized spacial score (nSPS) is 24.2. The van der Waals surface area contributed by atoms with E-state index in [-0.39, 0.29) is 17.5 Å². The van der Waals surface area contributed by atoms with Crippen molar-refractivity contribution < 1.29 is 19.1 Å². The monoisotopic (exact) mass is 431 g/mol. The number of rotatable bonds is 4. The van der Waals surface area contributed by atoms with Gasteiger partial charge in [-0.15, -0.1) is 35.1 Å². The number of halogens is 1. The molecular formula is C20H14ClNO4S2. The van der Waals surface area contributed by atoms with Gasteiger partial charge in [0.1, 0.15) is 27.0 Å². The van der Waals surface area contributed by atoms with E-state index in [1.54, 1.807) is 6.08 Å². The number of carbonyl (C=O) groups excluding carboxylic acids is 1. The van der Waals surface area contributed by atoms with E-state index in [4.69, 9.17) is 16.0 Å². The van der Waals surface area contributed by atoms with Crippen LogP contribution in [0.1, 0.15) is 0 Å². The number of para-hydroxylation sites is 1. The zero-order valence-corrected chi connectivity index (χ0v) is 16.8. The number of thioether (sulfide) groups is 2. The summed E-state index contributed by atoms with van der Waals surface area (Å²) in [4.78, 5) is 25.8. The molecule has 0 aliphatic carbocycles. The lowest BCUT2D eigenvalue weighted by Crippen LogP contribution is -2.73. The highest BCUT2D eigenvalue weighted by Gasteiger charge is 2.63. The molecule has 5 nitrogen and oxygen atoms in total. The largest absolute Gasteiger partial charge is 0.477 e. The quantitative estimate of drug-likeness (QED) is 0.483. The highest BCUT2D eigenvalue weighted by Crippen LogP contribution is 2.54. The van der Waals surface area contributed by atoms with Crippen LogP contribution in [0.25, 0.3) is 21.9 Å². The number of alkyl halides is 1. The lowest BCUT2D eigenvalue weighted by atomic mass is 10.00. The van der Waals surface area contributed by atoms with Gasteiger partial charge in [0.05, 0.1) is 5.88 Å². The number of hydrogen-bond donors (Lipinski definition) is 1. The summed E-state index contributed by atoms with van der Waals surface area (Å²) < 4.78 is 5.93. The van der Waals surface area contributed by atoms with Crippen LogP contribution in [-0.2, 0) is 9.59 Å². The molecule has 1 fully saturated rings. The third kappa shape index (κ3) is 2.43. The van der Waals surface area contributed by atoms with Gasteiger partial charge in [-0.2, -0.15) is 0 Å². The first-order chi connectivity index (χ1) is 13.5. The second kappa shape index (κ2) is 6.47. The number of amides is 1. The van der Waals surface area contributed by atoms with Gasteiger partial charge < -0.3 is 9.52 Å². The molecule has 142 valence electrons. The van der Waals surface area contributed by atoms with Gasteiger partial charge in [0.25, 0.3) is 0 Å². The van der Waals surface area contributed by atoms with Crippen molar-refractivity contribution >= 4 is 68.9 Å². The van der Waals surface area contributed by atoms with E-state index in [2.05, 4.69) is 0 Å². The van der Waals surface area contributed by atoms with E-state index in [1.165, 1.54) is 28.4 Å². The Hall–Kier alpha value is -2.09. The lowest BCUT2D eigenvalue weighted by Gasteiger charge is -2.57. The summed E-state index contributed by atoms with van der Waals surface area (Å²) in [5.74, 6) is -0.650. The van der Waals surface area contributed by atoms with Gasteiger partial charge in [-0.05, 0) is 30.3 Å². The molecule has 5 rings (SSSR count). The van der Waals surface area contributed by atoms with Gasteiger partial charge in [-0.1, -0.05) is 18.2 Å². The average molecular weight is 432 g/mol. The molecule has 0 spiro atoms. The van der Waals surface area contributed by atoms with E-state index >= 15 is 0 Å². The first-order valence-electron chi connectivity index (χ1n) is 8.60. The minimum Gasteiger partial charge on any atom is -0.477 e. The Balaban J connectivity index is 1.49. The number of nitrogens with zero attached hydrogens (tertiary/aromatic N) is 1. The van der Waals surface area contributed by atoms with Crippen molar-refractivity contribution in [3.63, 3.8) is 0 Å². The Morgan fingerprint density at radius 2 is 2.07 bits per heavy atom. The molecule has 1 aromatic heterocycles. The van der Waals surface area contributed by atoms with Gasteiger partial charge >= 0.3 is 5.97 Å². The third-order valence-corrected chi connectivity index (χ3v) is 8.56. The van der Waals surface area contributed by atoms with Crippen molar-refractivity contribution in [3.8, 4) is 0 Å². The first kappa shape index (κ1) is 18.0. The summed E-state index contributed by atoms with van der Waals surface area (Å²) in [5, 5.41) is 11.1. The fraction of sp³-hybridized carbons (Fsp3) is 0.200. The maximum Gasteiger partial charge on any atom is 0.352 e. The van der Waals surface area contributed by atoms with E-state index in [0.29, 0.717) is 5.75 Å². The Morgan fingerprint density at radius 1 is 1.29 bits per heavy atom. The molecule has 0 saturated carbocycles. The van der Waals surface area contributed by atoms with Crippen molar-refractivity contribution in [1.29, 1.82) is 0 Å². The molecule has 2 atom stereocenters. The summed E-state index contributed by atoms with van der Waals surface area (Å²) in [7, 11) is 0. The van der Waals surface area contributed by atoms with E-state index < -0.39 is 16.1 Å². The van der Waals surface area contributed by atoms with E-state index in [1.807, 2.05) is 42.5 Å². The number of aliphatic carboxylic acids is 1. The smallest absolute Gasteiger partial charge is 0.352 e. The molecular weight excluding hydrogens is 418 g/mol. The van der Waals surface area contributed by atoms with Crippen molar-refractivity contribution in [2.24, 2.45) is 0 Å².